The quantitative estimate of drug-likeness (QED) is 0.283. The molecule has 0 saturated heterocycles. The maximum Gasteiger partial charge on any atom is 0.303 e. The van der Waals surface area contributed by atoms with Crippen molar-refractivity contribution in [2.75, 3.05) is 20.3 Å². The van der Waals surface area contributed by atoms with Gasteiger partial charge in [0.25, 0.3) is 0 Å². The standard InChI is InChI=1S/C16H26O10/c1-9(24-12(4)19)14(7-22-10(2)17)26-16(21-6)15(25-13(5)20)8-23-11(3)18/h9,14-16H,7-8H2,1-6H3/t9?,14?,15-,16+/m1/s1. The Bertz CT molecular complexity index is 489. The Balaban J connectivity index is 5.22. The fourth-order valence-electron chi connectivity index (χ4n) is 1.87. The maximum absolute atomic E-state index is 11.3. The van der Waals surface area contributed by atoms with Crippen molar-refractivity contribution in [3.63, 3.8) is 0 Å². The normalized spacial score (nSPS) is 15.2. The third kappa shape index (κ3) is 10.6. The van der Waals surface area contributed by atoms with E-state index in [1.807, 2.05) is 0 Å². The molecule has 2 unspecified atom stereocenters. The summed E-state index contributed by atoms with van der Waals surface area (Å²) in [6.45, 7) is 5.79. The lowest BCUT2D eigenvalue weighted by Gasteiger charge is -2.31. The summed E-state index contributed by atoms with van der Waals surface area (Å²) in [7, 11) is 1.29. The first kappa shape index (κ1) is 23.8. The first-order valence-electron chi connectivity index (χ1n) is 7.86. The lowest BCUT2D eigenvalue weighted by molar-refractivity contribution is -0.243. The summed E-state index contributed by atoms with van der Waals surface area (Å²) in [5.74, 6) is -2.34. The van der Waals surface area contributed by atoms with Crippen LogP contribution in [0.3, 0.4) is 0 Å². The van der Waals surface area contributed by atoms with E-state index in [4.69, 9.17) is 28.4 Å². The van der Waals surface area contributed by atoms with E-state index in [1.54, 1.807) is 0 Å². The Morgan fingerprint density at radius 2 is 1.19 bits per heavy atom. The smallest absolute Gasteiger partial charge is 0.303 e. The summed E-state index contributed by atoms with van der Waals surface area (Å²) in [6.07, 6.45) is -3.96. The molecule has 0 amide bonds. The Labute approximate surface area is 152 Å². The molecule has 26 heavy (non-hydrogen) atoms. The van der Waals surface area contributed by atoms with Crippen molar-refractivity contribution in [1.82, 2.24) is 0 Å². The summed E-state index contributed by atoms with van der Waals surface area (Å²) < 4.78 is 30.7. The molecule has 10 heteroatoms. The monoisotopic (exact) mass is 378 g/mol. The minimum Gasteiger partial charge on any atom is -0.463 e. The lowest BCUT2D eigenvalue weighted by atomic mass is 10.2. The van der Waals surface area contributed by atoms with Crippen LogP contribution in [0, 0.1) is 0 Å². The highest BCUT2D eigenvalue weighted by molar-refractivity contribution is 5.67. The molecule has 150 valence electrons. The van der Waals surface area contributed by atoms with Crippen molar-refractivity contribution in [2.45, 2.75) is 59.2 Å². The van der Waals surface area contributed by atoms with Gasteiger partial charge in [-0.3, -0.25) is 19.2 Å². The van der Waals surface area contributed by atoms with Crippen LogP contribution in [0.15, 0.2) is 0 Å². The summed E-state index contributed by atoms with van der Waals surface area (Å²) in [5, 5.41) is 0. The van der Waals surface area contributed by atoms with Crippen LogP contribution >= 0.6 is 0 Å². The molecule has 0 aromatic heterocycles. The van der Waals surface area contributed by atoms with Gasteiger partial charge in [-0.2, -0.15) is 0 Å². The molecule has 0 fully saturated rings. The zero-order valence-electron chi connectivity index (χ0n) is 15.8. The average molecular weight is 378 g/mol. The van der Waals surface area contributed by atoms with E-state index in [0.29, 0.717) is 0 Å². The molecule has 0 aromatic carbocycles. The molecular weight excluding hydrogens is 352 g/mol. The summed E-state index contributed by atoms with van der Waals surface area (Å²) in [6, 6.07) is 0. The molecule has 0 heterocycles. The number of carbonyl (C=O) groups is 4. The van der Waals surface area contributed by atoms with Gasteiger partial charge in [0.15, 0.2) is 12.4 Å². The van der Waals surface area contributed by atoms with Crippen molar-refractivity contribution < 1.29 is 47.6 Å². The van der Waals surface area contributed by atoms with Crippen LogP contribution in [0.4, 0.5) is 0 Å². The van der Waals surface area contributed by atoms with Gasteiger partial charge in [0.05, 0.1) is 0 Å². The molecule has 0 aliphatic carbocycles. The number of hydrogen-bond donors (Lipinski definition) is 0. The Morgan fingerprint density at radius 1 is 0.731 bits per heavy atom. The highest BCUT2D eigenvalue weighted by Crippen LogP contribution is 2.15. The number of esters is 4. The van der Waals surface area contributed by atoms with Gasteiger partial charge in [0.2, 0.25) is 0 Å². The summed E-state index contributed by atoms with van der Waals surface area (Å²) >= 11 is 0. The van der Waals surface area contributed by atoms with Crippen LogP contribution in [0.5, 0.6) is 0 Å². The Kier molecular flexibility index (Phi) is 11.2. The molecule has 0 saturated carbocycles. The van der Waals surface area contributed by atoms with E-state index in [1.165, 1.54) is 41.7 Å². The number of hydrogen-bond acceptors (Lipinski definition) is 10. The van der Waals surface area contributed by atoms with Crippen LogP contribution in [0.2, 0.25) is 0 Å². The predicted molar refractivity (Wildman–Crippen MR) is 85.7 cm³/mol. The minimum atomic E-state index is -1.17. The first-order valence-corrected chi connectivity index (χ1v) is 7.86. The van der Waals surface area contributed by atoms with E-state index in [-0.39, 0.29) is 13.2 Å². The largest absolute Gasteiger partial charge is 0.463 e. The van der Waals surface area contributed by atoms with Crippen molar-refractivity contribution >= 4 is 23.9 Å². The zero-order valence-corrected chi connectivity index (χ0v) is 15.8. The summed E-state index contributed by atoms with van der Waals surface area (Å²) in [4.78, 5) is 44.5. The first-order chi connectivity index (χ1) is 12.1. The van der Waals surface area contributed by atoms with Crippen molar-refractivity contribution in [3.05, 3.63) is 0 Å². The van der Waals surface area contributed by atoms with Crippen LogP contribution in [-0.4, -0.2) is 68.8 Å². The summed E-state index contributed by atoms with van der Waals surface area (Å²) in [5.41, 5.74) is 0. The van der Waals surface area contributed by atoms with E-state index >= 15 is 0 Å². The highest BCUT2D eigenvalue weighted by Gasteiger charge is 2.33. The fraction of sp³-hybridized carbons (Fsp3) is 0.750. The molecule has 0 N–H and O–H groups in total. The minimum absolute atomic E-state index is 0.232. The molecule has 0 aliphatic rings. The molecule has 0 bridgehead atoms. The lowest BCUT2D eigenvalue weighted by Crippen LogP contribution is -2.45. The molecule has 0 aromatic rings. The number of rotatable bonds is 11. The van der Waals surface area contributed by atoms with Gasteiger partial charge in [-0.05, 0) is 6.92 Å². The van der Waals surface area contributed by atoms with Crippen LogP contribution in [0.1, 0.15) is 34.6 Å². The van der Waals surface area contributed by atoms with Crippen LogP contribution in [0.25, 0.3) is 0 Å². The molecule has 0 rings (SSSR count). The molecular formula is C16H26O10. The van der Waals surface area contributed by atoms with Gasteiger partial charge in [-0.15, -0.1) is 0 Å². The Morgan fingerprint density at radius 3 is 1.58 bits per heavy atom. The van der Waals surface area contributed by atoms with Crippen LogP contribution < -0.4 is 0 Å². The van der Waals surface area contributed by atoms with E-state index in [2.05, 4.69) is 0 Å². The molecule has 4 atom stereocenters. The molecule has 0 spiro atoms. The number of methoxy groups -OCH3 is 1. The van der Waals surface area contributed by atoms with Gasteiger partial charge in [0.1, 0.15) is 25.4 Å². The van der Waals surface area contributed by atoms with Gasteiger partial charge < -0.3 is 28.4 Å². The second kappa shape index (κ2) is 12.2. The van der Waals surface area contributed by atoms with Gasteiger partial charge in [0, 0.05) is 34.8 Å². The molecule has 10 nitrogen and oxygen atoms in total. The van der Waals surface area contributed by atoms with Crippen LogP contribution in [-0.2, 0) is 47.6 Å². The van der Waals surface area contributed by atoms with E-state index in [9.17, 15) is 19.2 Å². The topological polar surface area (TPSA) is 124 Å². The average Bonchev–Trinajstić information content (AvgIpc) is 2.50. The van der Waals surface area contributed by atoms with Crippen molar-refractivity contribution in [3.8, 4) is 0 Å². The predicted octanol–water partition coefficient (Wildman–Crippen LogP) is 0.354. The van der Waals surface area contributed by atoms with Crippen molar-refractivity contribution in [1.29, 1.82) is 0 Å². The molecule has 0 radical (unpaired) electrons. The fourth-order valence-corrected chi connectivity index (χ4v) is 1.87. The highest BCUT2D eigenvalue weighted by atomic mass is 16.7. The number of ether oxygens (including phenoxy) is 6. The van der Waals surface area contributed by atoms with E-state index < -0.39 is 48.5 Å². The van der Waals surface area contributed by atoms with E-state index in [0.717, 1.165) is 0 Å². The third-order valence-corrected chi connectivity index (χ3v) is 2.94. The van der Waals surface area contributed by atoms with Gasteiger partial charge in [-0.1, -0.05) is 0 Å². The molecule has 0 aliphatic heterocycles. The third-order valence-electron chi connectivity index (χ3n) is 2.94. The SMILES string of the molecule is CO[C@@H](OC(COC(C)=O)C(C)OC(C)=O)[C@@H](COC(C)=O)OC(C)=O. The van der Waals surface area contributed by atoms with Crippen molar-refractivity contribution in [2.24, 2.45) is 0 Å². The van der Waals surface area contributed by atoms with Gasteiger partial charge >= 0.3 is 23.9 Å². The second-order valence-electron chi connectivity index (χ2n) is 5.35. The zero-order chi connectivity index (χ0) is 20.3. The second-order valence-corrected chi connectivity index (χ2v) is 5.35. The Hall–Kier alpha value is -2.20. The maximum atomic E-state index is 11.3. The number of carbonyl (C=O) groups excluding carboxylic acids is 4. The van der Waals surface area contributed by atoms with Gasteiger partial charge in [-0.25, -0.2) is 0 Å².